The molecule has 0 spiro atoms. The third kappa shape index (κ3) is 2.01. The van der Waals surface area contributed by atoms with Crippen LogP contribution in [-0.4, -0.2) is 24.7 Å². The quantitative estimate of drug-likeness (QED) is 0.561. The molecular formula is C13H7N5O2S. The summed E-state index contributed by atoms with van der Waals surface area (Å²) >= 11 is 1.29. The number of nitrogens with zero attached hydrogens (tertiary/aromatic N) is 5. The normalized spacial score (nSPS) is 11.0. The second-order valence-corrected chi connectivity index (χ2v) is 5.17. The summed E-state index contributed by atoms with van der Waals surface area (Å²) in [5.74, 6) is 0. The monoisotopic (exact) mass is 297 g/mol. The van der Waals surface area contributed by atoms with Gasteiger partial charge in [-0.25, -0.2) is 24.4 Å². The highest BCUT2D eigenvalue weighted by Gasteiger charge is 2.14. The zero-order chi connectivity index (χ0) is 14.2. The molecule has 0 N–H and O–H groups in total. The molecule has 8 heteroatoms. The molecule has 0 aliphatic carbocycles. The molecule has 21 heavy (non-hydrogen) atoms. The van der Waals surface area contributed by atoms with Gasteiger partial charge in [0, 0.05) is 0 Å². The van der Waals surface area contributed by atoms with Crippen LogP contribution < -0.4 is 5.63 Å². The van der Waals surface area contributed by atoms with Crippen molar-refractivity contribution in [3.05, 3.63) is 53.5 Å². The highest BCUT2D eigenvalue weighted by Crippen LogP contribution is 2.24. The lowest BCUT2D eigenvalue weighted by Gasteiger charge is -1.97. The van der Waals surface area contributed by atoms with E-state index in [0.29, 0.717) is 16.1 Å². The molecule has 0 unspecified atom stereocenters. The number of para-hydroxylation sites is 2. The van der Waals surface area contributed by atoms with Crippen molar-refractivity contribution < 1.29 is 4.42 Å². The zero-order valence-corrected chi connectivity index (χ0v) is 11.3. The van der Waals surface area contributed by atoms with Crippen LogP contribution in [0, 0.1) is 0 Å². The number of hydrogen-bond donors (Lipinski definition) is 0. The summed E-state index contributed by atoms with van der Waals surface area (Å²) in [6.07, 6.45) is 4.61. The Hall–Kier alpha value is -2.87. The first-order valence-electron chi connectivity index (χ1n) is 6.02. The molecule has 4 aromatic rings. The van der Waals surface area contributed by atoms with E-state index in [-0.39, 0.29) is 5.69 Å². The highest BCUT2D eigenvalue weighted by atomic mass is 32.1. The van der Waals surface area contributed by atoms with Gasteiger partial charge in [0.2, 0.25) is 0 Å². The van der Waals surface area contributed by atoms with Crippen molar-refractivity contribution in [2.45, 2.75) is 0 Å². The van der Waals surface area contributed by atoms with Gasteiger partial charge in [-0.15, -0.1) is 0 Å². The maximum atomic E-state index is 12.0. The van der Waals surface area contributed by atoms with Gasteiger partial charge < -0.3 is 4.42 Å². The van der Waals surface area contributed by atoms with Crippen LogP contribution in [0.5, 0.6) is 0 Å². The SMILES string of the molecule is O=c1oc2ccccc2nc1-c1ncc(-n2cncn2)s1. The lowest BCUT2D eigenvalue weighted by atomic mass is 10.3. The minimum atomic E-state index is -0.506. The van der Waals surface area contributed by atoms with Crippen molar-refractivity contribution in [3.8, 4) is 15.7 Å². The molecule has 3 heterocycles. The van der Waals surface area contributed by atoms with Crippen molar-refractivity contribution in [3.63, 3.8) is 0 Å². The van der Waals surface area contributed by atoms with Crippen LogP contribution in [0.4, 0.5) is 0 Å². The van der Waals surface area contributed by atoms with E-state index < -0.39 is 5.63 Å². The van der Waals surface area contributed by atoms with Gasteiger partial charge in [-0.05, 0) is 12.1 Å². The van der Waals surface area contributed by atoms with E-state index >= 15 is 0 Å². The Morgan fingerprint density at radius 3 is 3.00 bits per heavy atom. The fourth-order valence-electron chi connectivity index (χ4n) is 1.89. The maximum Gasteiger partial charge on any atom is 0.365 e. The number of aromatic nitrogens is 5. The average molecular weight is 297 g/mol. The summed E-state index contributed by atoms with van der Waals surface area (Å²) in [7, 11) is 0. The molecule has 0 saturated heterocycles. The summed E-state index contributed by atoms with van der Waals surface area (Å²) in [5, 5.41) is 5.25. The molecule has 0 bridgehead atoms. The molecule has 0 amide bonds. The number of benzene rings is 1. The number of thiazole rings is 1. The van der Waals surface area contributed by atoms with E-state index in [2.05, 4.69) is 20.1 Å². The van der Waals surface area contributed by atoms with Gasteiger partial charge in [0.1, 0.15) is 23.2 Å². The van der Waals surface area contributed by atoms with E-state index in [0.717, 1.165) is 5.00 Å². The van der Waals surface area contributed by atoms with Crippen molar-refractivity contribution in [2.75, 3.05) is 0 Å². The third-order valence-electron chi connectivity index (χ3n) is 2.83. The Morgan fingerprint density at radius 2 is 2.14 bits per heavy atom. The second-order valence-electron chi connectivity index (χ2n) is 4.16. The van der Waals surface area contributed by atoms with Gasteiger partial charge in [0.25, 0.3) is 0 Å². The summed E-state index contributed by atoms with van der Waals surface area (Å²) in [4.78, 5) is 24.5. The van der Waals surface area contributed by atoms with Gasteiger partial charge in [-0.1, -0.05) is 23.5 Å². The molecule has 0 aliphatic heterocycles. The molecule has 7 nitrogen and oxygen atoms in total. The molecule has 3 aromatic heterocycles. The number of hydrogen-bond acceptors (Lipinski definition) is 7. The van der Waals surface area contributed by atoms with E-state index in [4.69, 9.17) is 4.42 Å². The minimum Gasteiger partial charge on any atom is -0.419 e. The van der Waals surface area contributed by atoms with Crippen molar-refractivity contribution >= 4 is 22.4 Å². The summed E-state index contributed by atoms with van der Waals surface area (Å²) in [5.41, 5.74) is 0.766. The van der Waals surface area contributed by atoms with E-state index in [1.54, 1.807) is 35.4 Å². The molecule has 4 rings (SSSR count). The molecule has 1 aromatic carbocycles. The van der Waals surface area contributed by atoms with Crippen molar-refractivity contribution in [1.29, 1.82) is 0 Å². The largest absolute Gasteiger partial charge is 0.419 e. The predicted octanol–water partition coefficient (Wildman–Crippen LogP) is 1.89. The predicted molar refractivity (Wildman–Crippen MR) is 76.3 cm³/mol. The zero-order valence-electron chi connectivity index (χ0n) is 10.5. The Morgan fingerprint density at radius 1 is 1.24 bits per heavy atom. The molecule has 0 fully saturated rings. The van der Waals surface area contributed by atoms with Gasteiger partial charge in [-0.3, -0.25) is 0 Å². The Kier molecular flexibility index (Phi) is 2.61. The second kappa shape index (κ2) is 4.60. The van der Waals surface area contributed by atoms with E-state index in [9.17, 15) is 4.79 Å². The van der Waals surface area contributed by atoms with Gasteiger partial charge >= 0.3 is 5.63 Å². The topological polar surface area (TPSA) is 86.7 Å². The molecule has 0 atom stereocenters. The minimum absolute atomic E-state index is 0.199. The number of rotatable bonds is 2. The Bertz CT molecular complexity index is 974. The molecule has 0 saturated carbocycles. The van der Waals surface area contributed by atoms with Gasteiger partial charge in [-0.2, -0.15) is 5.10 Å². The standard InChI is InChI=1S/C13H7N5O2S/c19-13-11(17-8-3-1-2-4-9(8)20-13)12-15-5-10(21-12)18-7-14-6-16-18/h1-7H. The van der Waals surface area contributed by atoms with Gasteiger partial charge in [0.05, 0.1) is 6.20 Å². The summed E-state index contributed by atoms with van der Waals surface area (Å²) < 4.78 is 6.83. The molecule has 0 aliphatic rings. The van der Waals surface area contributed by atoms with E-state index in [1.807, 2.05) is 6.07 Å². The van der Waals surface area contributed by atoms with Crippen molar-refractivity contribution in [2.24, 2.45) is 0 Å². The average Bonchev–Trinajstić information content (AvgIpc) is 3.17. The first kappa shape index (κ1) is 11.9. The Labute approximate surface area is 121 Å². The molecule has 102 valence electrons. The summed E-state index contributed by atoms with van der Waals surface area (Å²) in [6.45, 7) is 0. The maximum absolute atomic E-state index is 12.0. The van der Waals surface area contributed by atoms with Crippen LogP contribution in [0.3, 0.4) is 0 Å². The van der Waals surface area contributed by atoms with Crippen LogP contribution in [-0.2, 0) is 0 Å². The molecule has 0 radical (unpaired) electrons. The van der Waals surface area contributed by atoms with Crippen LogP contribution in [0.1, 0.15) is 0 Å². The summed E-state index contributed by atoms with van der Waals surface area (Å²) in [6, 6.07) is 7.12. The Balaban J connectivity index is 1.87. The van der Waals surface area contributed by atoms with E-state index in [1.165, 1.54) is 17.7 Å². The van der Waals surface area contributed by atoms with Crippen LogP contribution in [0.2, 0.25) is 0 Å². The lowest BCUT2D eigenvalue weighted by Crippen LogP contribution is -2.05. The van der Waals surface area contributed by atoms with Crippen molar-refractivity contribution in [1.82, 2.24) is 24.7 Å². The first-order chi connectivity index (χ1) is 10.3. The fraction of sp³-hybridized carbons (Fsp3) is 0. The molecular weight excluding hydrogens is 290 g/mol. The number of fused-ring (bicyclic) bond motifs is 1. The smallest absolute Gasteiger partial charge is 0.365 e. The van der Waals surface area contributed by atoms with Crippen LogP contribution in [0.25, 0.3) is 26.8 Å². The van der Waals surface area contributed by atoms with Crippen LogP contribution >= 0.6 is 11.3 Å². The lowest BCUT2D eigenvalue weighted by molar-refractivity contribution is 0.558. The first-order valence-corrected chi connectivity index (χ1v) is 6.84. The highest BCUT2D eigenvalue weighted by molar-refractivity contribution is 7.17. The third-order valence-corrected chi connectivity index (χ3v) is 3.83. The fourth-order valence-corrected chi connectivity index (χ4v) is 2.71. The van der Waals surface area contributed by atoms with Crippen LogP contribution in [0.15, 0.2) is 52.3 Å². The van der Waals surface area contributed by atoms with Gasteiger partial charge in [0.15, 0.2) is 16.3 Å².